The summed E-state index contributed by atoms with van der Waals surface area (Å²) in [7, 11) is 0. The second kappa shape index (κ2) is 11.5. The summed E-state index contributed by atoms with van der Waals surface area (Å²) in [6, 6.07) is 11.2. The van der Waals surface area contributed by atoms with Gasteiger partial charge in [-0.1, -0.05) is 72.8 Å². The van der Waals surface area contributed by atoms with Crippen LogP contribution in [-0.4, -0.2) is 71.3 Å². The highest BCUT2D eigenvalue weighted by molar-refractivity contribution is 6.43. The fourth-order valence-corrected chi connectivity index (χ4v) is 6.65. The second-order valence-corrected chi connectivity index (χ2v) is 11.4. The van der Waals surface area contributed by atoms with Crippen LogP contribution in [0.15, 0.2) is 36.4 Å². The van der Waals surface area contributed by atoms with Gasteiger partial charge in [0.05, 0.1) is 15.6 Å². The lowest BCUT2D eigenvalue weighted by Crippen LogP contribution is -2.52. The van der Waals surface area contributed by atoms with Gasteiger partial charge in [-0.3, -0.25) is 9.59 Å². The molecule has 1 aliphatic carbocycles. The number of amides is 4. The van der Waals surface area contributed by atoms with Crippen molar-refractivity contribution >= 4 is 41.0 Å². The molecule has 1 atom stereocenters. The van der Waals surface area contributed by atoms with Crippen molar-refractivity contribution in [1.82, 2.24) is 14.7 Å². The molecular weight excluding hydrogens is 523 g/mol. The summed E-state index contributed by atoms with van der Waals surface area (Å²) in [5.41, 5.74) is 8.12. The van der Waals surface area contributed by atoms with E-state index in [9.17, 15) is 14.4 Å². The Bertz CT molecular complexity index is 1210. The average molecular weight is 558 g/mol. The number of likely N-dealkylation sites (tertiary alicyclic amines) is 1. The number of hydrogen-bond acceptors (Lipinski definition) is 3. The van der Waals surface area contributed by atoms with E-state index in [2.05, 4.69) is 4.90 Å². The normalized spacial score (nSPS) is 20.7. The second-order valence-electron chi connectivity index (χ2n) is 10.6. The standard InChI is InChI=1S/C29H34Cl2N4O3/c30-24-18-22(19-7-3-1-4-8-19)25(28(37)33-13-15-34(16-14-33)29(32)38)23(26(24)31)17-20-11-12-35(27(20)36)21-9-5-2-6-10-21/h1,3-4,7-8,18,20-21H,2,5-6,9-17H2,(H2,32,38). The molecule has 1 saturated carbocycles. The van der Waals surface area contributed by atoms with Gasteiger partial charge in [0, 0.05) is 44.7 Å². The molecule has 2 saturated heterocycles. The maximum Gasteiger partial charge on any atom is 0.314 e. The zero-order valence-electron chi connectivity index (χ0n) is 21.5. The van der Waals surface area contributed by atoms with E-state index in [1.807, 2.05) is 30.3 Å². The first-order valence-electron chi connectivity index (χ1n) is 13.6. The molecule has 3 fully saturated rings. The van der Waals surface area contributed by atoms with E-state index >= 15 is 0 Å². The molecule has 0 aromatic heterocycles. The van der Waals surface area contributed by atoms with Crippen LogP contribution in [0, 0.1) is 5.92 Å². The van der Waals surface area contributed by atoms with Crippen molar-refractivity contribution in [3.05, 3.63) is 57.6 Å². The minimum atomic E-state index is -0.487. The fourth-order valence-electron chi connectivity index (χ4n) is 6.20. The molecule has 4 amide bonds. The van der Waals surface area contributed by atoms with Gasteiger partial charge >= 0.3 is 6.03 Å². The van der Waals surface area contributed by atoms with Crippen molar-refractivity contribution in [2.24, 2.45) is 11.7 Å². The van der Waals surface area contributed by atoms with Crippen LogP contribution >= 0.6 is 23.2 Å². The van der Waals surface area contributed by atoms with Gasteiger partial charge in [0.15, 0.2) is 0 Å². The Kier molecular flexibility index (Phi) is 8.15. The van der Waals surface area contributed by atoms with Gasteiger partial charge in [-0.25, -0.2) is 4.79 Å². The summed E-state index contributed by atoms with van der Waals surface area (Å²) in [5.74, 6) is -0.256. The van der Waals surface area contributed by atoms with Gasteiger partial charge in [0.25, 0.3) is 5.91 Å². The van der Waals surface area contributed by atoms with Crippen molar-refractivity contribution < 1.29 is 14.4 Å². The Morgan fingerprint density at radius 3 is 2.21 bits per heavy atom. The highest BCUT2D eigenvalue weighted by Crippen LogP contribution is 2.40. The van der Waals surface area contributed by atoms with Crippen LogP contribution in [0.25, 0.3) is 11.1 Å². The maximum atomic E-state index is 14.1. The molecule has 3 aliphatic rings. The Morgan fingerprint density at radius 1 is 0.895 bits per heavy atom. The van der Waals surface area contributed by atoms with E-state index in [4.69, 9.17) is 28.9 Å². The van der Waals surface area contributed by atoms with E-state index < -0.39 is 6.03 Å². The van der Waals surface area contributed by atoms with Crippen LogP contribution < -0.4 is 5.73 Å². The molecule has 2 aromatic carbocycles. The third-order valence-corrected chi connectivity index (χ3v) is 9.14. The van der Waals surface area contributed by atoms with Gasteiger partial charge in [-0.05, 0) is 48.4 Å². The van der Waals surface area contributed by atoms with Gasteiger partial charge in [-0.15, -0.1) is 0 Å². The number of urea groups is 1. The number of primary amides is 1. The van der Waals surface area contributed by atoms with Crippen molar-refractivity contribution in [3.63, 3.8) is 0 Å². The summed E-state index contributed by atoms with van der Waals surface area (Å²) < 4.78 is 0. The number of halogens is 2. The SMILES string of the molecule is NC(=O)N1CCN(C(=O)c2c(-c3ccccc3)cc(Cl)c(Cl)c2CC2CCN(C3CCCCC3)C2=O)CC1. The lowest BCUT2D eigenvalue weighted by Gasteiger charge is -2.35. The first-order chi connectivity index (χ1) is 18.3. The van der Waals surface area contributed by atoms with Crippen LogP contribution in [0.3, 0.4) is 0 Å². The first kappa shape index (κ1) is 26.8. The molecule has 2 N–H and O–H groups in total. The van der Waals surface area contributed by atoms with E-state index in [1.54, 1.807) is 11.0 Å². The number of nitrogens with zero attached hydrogens (tertiary/aromatic N) is 3. The maximum absolute atomic E-state index is 14.1. The number of carbonyl (C=O) groups is 3. The first-order valence-corrected chi connectivity index (χ1v) is 14.3. The number of rotatable bonds is 5. The van der Waals surface area contributed by atoms with Crippen LogP contribution in [0.4, 0.5) is 4.79 Å². The lowest BCUT2D eigenvalue weighted by atomic mass is 9.88. The predicted octanol–water partition coefficient (Wildman–Crippen LogP) is 5.22. The molecule has 2 heterocycles. The number of hydrogen-bond donors (Lipinski definition) is 1. The third kappa shape index (κ3) is 5.36. The summed E-state index contributed by atoms with van der Waals surface area (Å²) in [4.78, 5) is 44.6. The van der Waals surface area contributed by atoms with Crippen LogP contribution in [0.1, 0.15) is 54.4 Å². The largest absolute Gasteiger partial charge is 0.351 e. The average Bonchev–Trinajstić information content (AvgIpc) is 3.31. The lowest BCUT2D eigenvalue weighted by molar-refractivity contribution is -0.133. The van der Waals surface area contributed by atoms with Crippen molar-refractivity contribution in [1.29, 1.82) is 0 Å². The summed E-state index contributed by atoms with van der Waals surface area (Å²) >= 11 is 13.5. The zero-order valence-corrected chi connectivity index (χ0v) is 23.0. The molecule has 0 radical (unpaired) electrons. The van der Waals surface area contributed by atoms with Crippen LogP contribution in [-0.2, 0) is 11.2 Å². The number of benzene rings is 2. The minimum Gasteiger partial charge on any atom is -0.351 e. The molecule has 2 aromatic rings. The Balaban J connectivity index is 1.50. The molecule has 0 spiro atoms. The number of nitrogens with two attached hydrogens (primary N) is 1. The Hall–Kier alpha value is -2.77. The van der Waals surface area contributed by atoms with Gasteiger partial charge in [0.1, 0.15) is 0 Å². The van der Waals surface area contributed by atoms with Crippen LogP contribution in [0.5, 0.6) is 0 Å². The summed E-state index contributed by atoms with van der Waals surface area (Å²) in [6.07, 6.45) is 6.81. The van der Waals surface area contributed by atoms with Crippen molar-refractivity contribution in [2.75, 3.05) is 32.7 Å². The highest BCUT2D eigenvalue weighted by atomic mass is 35.5. The Morgan fingerprint density at radius 2 is 1.55 bits per heavy atom. The van der Waals surface area contributed by atoms with Crippen molar-refractivity contribution in [2.45, 2.75) is 51.0 Å². The number of carbonyl (C=O) groups excluding carboxylic acids is 3. The fraction of sp³-hybridized carbons (Fsp3) is 0.483. The smallest absolute Gasteiger partial charge is 0.314 e. The molecule has 202 valence electrons. The molecule has 9 heteroatoms. The summed E-state index contributed by atoms with van der Waals surface area (Å²) in [5, 5.41) is 0.694. The minimum absolute atomic E-state index is 0.155. The van der Waals surface area contributed by atoms with Gasteiger partial charge in [-0.2, -0.15) is 0 Å². The molecule has 2 aliphatic heterocycles. The molecule has 38 heavy (non-hydrogen) atoms. The zero-order chi connectivity index (χ0) is 26.8. The van der Waals surface area contributed by atoms with E-state index in [0.29, 0.717) is 65.4 Å². The Labute approximate surface area is 233 Å². The van der Waals surface area contributed by atoms with Gasteiger partial charge < -0.3 is 20.4 Å². The monoisotopic (exact) mass is 556 g/mol. The third-order valence-electron chi connectivity index (χ3n) is 8.31. The van der Waals surface area contributed by atoms with Crippen LogP contribution in [0.2, 0.25) is 10.0 Å². The van der Waals surface area contributed by atoms with E-state index in [0.717, 1.165) is 31.4 Å². The summed E-state index contributed by atoms with van der Waals surface area (Å²) in [6.45, 7) is 2.23. The molecular formula is C29H34Cl2N4O3. The van der Waals surface area contributed by atoms with Gasteiger partial charge in [0.2, 0.25) is 5.91 Å². The van der Waals surface area contributed by atoms with E-state index in [-0.39, 0.29) is 17.7 Å². The van der Waals surface area contributed by atoms with Crippen molar-refractivity contribution in [3.8, 4) is 11.1 Å². The number of piperazine rings is 1. The molecule has 7 nitrogen and oxygen atoms in total. The quantitative estimate of drug-likeness (QED) is 0.547. The predicted molar refractivity (Wildman–Crippen MR) is 149 cm³/mol. The molecule has 5 rings (SSSR count). The topological polar surface area (TPSA) is 87.0 Å². The molecule has 0 bridgehead atoms. The molecule has 1 unspecified atom stereocenters. The highest BCUT2D eigenvalue weighted by Gasteiger charge is 2.38. The van der Waals surface area contributed by atoms with E-state index in [1.165, 1.54) is 24.2 Å².